The Morgan fingerprint density at radius 1 is 0.610 bits per heavy atom. The smallest absolute Gasteiger partial charge is 0.466 e. The molecule has 0 rings (SSSR count). The number of rotatable bonds is 29. The highest BCUT2D eigenvalue weighted by Crippen LogP contribution is 2.45. The van der Waals surface area contributed by atoms with E-state index in [9.17, 15) is 33.6 Å². The van der Waals surface area contributed by atoms with Gasteiger partial charge in [-0.3, -0.25) is 27.7 Å². The predicted molar refractivity (Wildman–Crippen MR) is 152 cm³/mol. The first kappa shape index (κ1) is 40.1. The van der Waals surface area contributed by atoms with Crippen LogP contribution in [0.25, 0.3) is 0 Å². The zero-order valence-electron chi connectivity index (χ0n) is 24.7. The zero-order valence-corrected chi connectivity index (χ0v) is 26.5. The first-order valence-electron chi connectivity index (χ1n) is 14.7. The van der Waals surface area contributed by atoms with Crippen LogP contribution in [0.5, 0.6) is 0 Å². The van der Waals surface area contributed by atoms with E-state index in [-0.39, 0.29) is 45.2 Å². The van der Waals surface area contributed by atoms with Crippen molar-refractivity contribution in [2.75, 3.05) is 39.6 Å². The third-order valence-corrected chi connectivity index (χ3v) is 7.72. The van der Waals surface area contributed by atoms with E-state index < -0.39 is 40.9 Å². The highest BCUT2D eigenvalue weighted by molar-refractivity contribution is 7.47. The molecule has 0 aromatic heterocycles. The predicted octanol–water partition coefficient (Wildman–Crippen LogP) is 5.59. The average Bonchev–Trinajstić information content (AvgIpc) is 2.91. The van der Waals surface area contributed by atoms with Crippen molar-refractivity contribution < 1.29 is 61.2 Å². The lowest BCUT2D eigenvalue weighted by Crippen LogP contribution is -2.21. The largest absolute Gasteiger partial charge is 0.472 e. The molecule has 0 aliphatic rings. The Morgan fingerprint density at radius 2 is 1.02 bits per heavy atom. The number of aliphatic hydroxyl groups excluding tert-OH is 1. The average molecular weight is 635 g/mol. The van der Waals surface area contributed by atoms with Gasteiger partial charge in [0, 0.05) is 26.2 Å². The van der Waals surface area contributed by atoms with E-state index in [1.165, 1.54) is 64.7 Å². The molecule has 0 aromatic rings. The minimum atomic E-state index is -4.51. The van der Waals surface area contributed by atoms with Gasteiger partial charge in [0.05, 0.1) is 39.6 Å². The molecular formula is C26H52O13P2. The fourth-order valence-corrected chi connectivity index (χ4v) is 5.13. The fraction of sp³-hybridized carbons (Fsp3) is 0.923. The molecule has 244 valence electrons. The van der Waals surface area contributed by atoms with Gasteiger partial charge >= 0.3 is 27.6 Å². The quantitative estimate of drug-likeness (QED) is 0.0526. The van der Waals surface area contributed by atoms with Gasteiger partial charge in [0.25, 0.3) is 0 Å². The van der Waals surface area contributed by atoms with Crippen LogP contribution in [0.1, 0.15) is 110 Å². The van der Waals surface area contributed by atoms with Crippen molar-refractivity contribution in [3.63, 3.8) is 0 Å². The topological polar surface area (TPSA) is 184 Å². The monoisotopic (exact) mass is 634 g/mol. The molecular weight excluding hydrogens is 582 g/mol. The number of hydrogen-bond acceptors (Lipinski definition) is 11. The highest BCUT2D eigenvalue weighted by Gasteiger charge is 2.26. The van der Waals surface area contributed by atoms with E-state index in [0.717, 1.165) is 19.3 Å². The maximum absolute atomic E-state index is 11.9. The summed E-state index contributed by atoms with van der Waals surface area (Å²) in [6.45, 7) is 1.59. The van der Waals surface area contributed by atoms with Gasteiger partial charge in [-0.15, -0.1) is 0 Å². The van der Waals surface area contributed by atoms with Crippen molar-refractivity contribution in [1.29, 1.82) is 0 Å². The summed E-state index contributed by atoms with van der Waals surface area (Å²) in [4.78, 5) is 41.6. The zero-order chi connectivity index (χ0) is 30.8. The van der Waals surface area contributed by atoms with Crippen LogP contribution in [0.3, 0.4) is 0 Å². The highest BCUT2D eigenvalue weighted by atomic mass is 31.2. The lowest BCUT2D eigenvalue weighted by molar-refractivity contribution is -0.144. The van der Waals surface area contributed by atoms with Crippen molar-refractivity contribution >= 4 is 27.6 Å². The van der Waals surface area contributed by atoms with E-state index in [0.29, 0.717) is 6.42 Å². The molecule has 0 aliphatic heterocycles. The normalized spacial score (nSPS) is 15.1. The second-order valence-corrected chi connectivity index (χ2v) is 12.7. The maximum atomic E-state index is 11.9. The van der Waals surface area contributed by atoms with Gasteiger partial charge < -0.3 is 24.4 Å². The Kier molecular flexibility index (Phi) is 25.1. The van der Waals surface area contributed by atoms with Crippen molar-refractivity contribution in [2.24, 2.45) is 0 Å². The number of carbonyl (C=O) groups is 2. The SMILES string of the molecule is CCCCCCCCCCCCCCC(=O)OCCCOP(=O)(O)OC[C@@H](O)COP(=O)(O)OCCCOC(C)=O. The summed E-state index contributed by atoms with van der Waals surface area (Å²) < 4.78 is 52.0. The number of unbranched alkanes of at least 4 members (excludes halogenated alkanes) is 11. The van der Waals surface area contributed by atoms with Gasteiger partial charge in [0.15, 0.2) is 0 Å². The lowest BCUT2D eigenvalue weighted by atomic mass is 10.0. The summed E-state index contributed by atoms with van der Waals surface area (Å²) in [6, 6.07) is 0. The molecule has 0 aromatic carbocycles. The molecule has 41 heavy (non-hydrogen) atoms. The number of ether oxygens (including phenoxy) is 2. The first-order valence-corrected chi connectivity index (χ1v) is 17.7. The van der Waals surface area contributed by atoms with Crippen LogP contribution in [0.15, 0.2) is 0 Å². The first-order chi connectivity index (χ1) is 19.5. The molecule has 0 spiro atoms. The van der Waals surface area contributed by atoms with E-state index in [2.05, 4.69) is 25.2 Å². The Morgan fingerprint density at radius 3 is 1.46 bits per heavy atom. The molecule has 0 aliphatic carbocycles. The van der Waals surface area contributed by atoms with Gasteiger partial charge in [0.1, 0.15) is 6.10 Å². The molecule has 0 saturated carbocycles. The molecule has 0 saturated heterocycles. The van der Waals surface area contributed by atoms with Crippen LogP contribution >= 0.6 is 15.6 Å². The van der Waals surface area contributed by atoms with Crippen LogP contribution in [0.4, 0.5) is 0 Å². The van der Waals surface area contributed by atoms with Gasteiger partial charge in [-0.25, -0.2) is 9.13 Å². The van der Waals surface area contributed by atoms with Crippen LogP contribution in [0.2, 0.25) is 0 Å². The minimum absolute atomic E-state index is 0.000504. The number of aliphatic hydroxyl groups is 1. The third kappa shape index (κ3) is 29.0. The van der Waals surface area contributed by atoms with Crippen molar-refractivity contribution in [1.82, 2.24) is 0 Å². The Bertz CT molecular complexity index is 766. The van der Waals surface area contributed by atoms with Gasteiger partial charge in [0.2, 0.25) is 0 Å². The molecule has 0 radical (unpaired) electrons. The molecule has 0 bridgehead atoms. The third-order valence-electron chi connectivity index (χ3n) is 5.75. The molecule has 2 unspecified atom stereocenters. The second-order valence-electron chi connectivity index (χ2n) is 9.76. The van der Waals surface area contributed by atoms with E-state index >= 15 is 0 Å². The summed E-state index contributed by atoms with van der Waals surface area (Å²) in [7, 11) is -9.00. The number of phosphoric acid groups is 2. The van der Waals surface area contributed by atoms with Gasteiger partial charge in [-0.1, -0.05) is 77.6 Å². The van der Waals surface area contributed by atoms with E-state index in [1.54, 1.807) is 0 Å². The molecule has 15 heteroatoms. The summed E-state index contributed by atoms with van der Waals surface area (Å²) in [6.07, 6.45) is 13.6. The molecule has 0 heterocycles. The number of phosphoric ester groups is 2. The van der Waals surface area contributed by atoms with Crippen molar-refractivity contribution in [3.8, 4) is 0 Å². The summed E-state index contributed by atoms with van der Waals surface area (Å²) in [5.41, 5.74) is 0. The molecule has 0 amide bonds. The Hall–Kier alpha value is -0.880. The fourth-order valence-electron chi connectivity index (χ4n) is 3.55. The summed E-state index contributed by atoms with van der Waals surface area (Å²) in [5.74, 6) is -0.816. The van der Waals surface area contributed by atoms with E-state index in [4.69, 9.17) is 9.26 Å². The van der Waals surface area contributed by atoms with Gasteiger partial charge in [-0.05, 0) is 6.42 Å². The van der Waals surface area contributed by atoms with Crippen LogP contribution in [-0.2, 0) is 46.3 Å². The molecule has 13 nitrogen and oxygen atoms in total. The van der Waals surface area contributed by atoms with Crippen LogP contribution < -0.4 is 0 Å². The second kappa shape index (κ2) is 25.6. The maximum Gasteiger partial charge on any atom is 0.472 e. The number of hydrogen-bond donors (Lipinski definition) is 3. The Balaban J connectivity index is 3.72. The molecule has 3 N–H and O–H groups in total. The summed E-state index contributed by atoms with van der Waals surface area (Å²) in [5, 5.41) is 9.76. The van der Waals surface area contributed by atoms with Crippen molar-refractivity contribution in [3.05, 3.63) is 0 Å². The minimum Gasteiger partial charge on any atom is -0.466 e. The molecule has 0 fully saturated rings. The summed E-state index contributed by atoms with van der Waals surface area (Å²) >= 11 is 0. The van der Waals surface area contributed by atoms with Crippen LogP contribution in [0, 0.1) is 0 Å². The van der Waals surface area contributed by atoms with E-state index in [1.807, 2.05) is 0 Å². The van der Waals surface area contributed by atoms with Crippen LogP contribution in [-0.4, -0.2) is 72.6 Å². The number of esters is 2. The standard InChI is InChI=1S/C26H52O13P2/c1-3-4-5-6-7-8-9-10-11-12-13-14-17-26(29)35-19-16-21-37-41(32,33)39-23-25(28)22-38-40(30,31)36-20-15-18-34-24(2)27/h25,28H,3-23H2,1-2H3,(H,30,31)(H,32,33)/t25-/m0/s1. The van der Waals surface area contributed by atoms with Gasteiger partial charge in [-0.2, -0.15) is 0 Å². The lowest BCUT2D eigenvalue weighted by Gasteiger charge is -2.17. The Labute approximate surface area is 244 Å². The number of carbonyl (C=O) groups excluding carboxylic acids is 2. The molecule has 3 atom stereocenters. The van der Waals surface area contributed by atoms with Crippen molar-refractivity contribution in [2.45, 2.75) is 116 Å².